The highest BCUT2D eigenvalue weighted by Gasteiger charge is 2.27. The van der Waals surface area contributed by atoms with Gasteiger partial charge < -0.3 is 5.32 Å². The Morgan fingerprint density at radius 1 is 1.33 bits per heavy atom. The van der Waals surface area contributed by atoms with Gasteiger partial charge in [0.25, 0.3) is 0 Å². The molecule has 1 heterocycles. The number of hydrogen-bond donors (Lipinski definition) is 1. The monoisotopic (exact) mass is 333 g/mol. The van der Waals surface area contributed by atoms with Crippen LogP contribution in [0.2, 0.25) is 0 Å². The Hall–Kier alpha value is -0.530. The predicted octanol–water partition coefficient (Wildman–Crippen LogP) is 2.70. The summed E-state index contributed by atoms with van der Waals surface area (Å²) in [7, 11) is -2.90. The van der Waals surface area contributed by atoms with Gasteiger partial charge in [0.15, 0.2) is 0 Å². The maximum atomic E-state index is 11.3. The first-order chi connectivity index (χ1) is 9.65. The summed E-state index contributed by atoms with van der Waals surface area (Å²) in [6.45, 7) is 9.41. The minimum absolute atomic E-state index is 0.0503. The van der Waals surface area contributed by atoms with Gasteiger partial charge in [0.05, 0.1) is 10.6 Å². The van der Waals surface area contributed by atoms with Gasteiger partial charge in [-0.2, -0.15) is 0 Å². The van der Waals surface area contributed by atoms with Crippen molar-refractivity contribution in [2.45, 2.75) is 58.4 Å². The largest absolute Gasteiger partial charge is 0.309 e. The molecule has 0 amide bonds. The lowest BCUT2D eigenvalue weighted by Crippen LogP contribution is -2.25. The fourth-order valence-electron chi connectivity index (χ4n) is 2.14. The van der Waals surface area contributed by atoms with Crippen LogP contribution in [0.25, 0.3) is 0 Å². The molecule has 0 saturated heterocycles. The molecule has 1 rings (SSSR count). The smallest absolute Gasteiger partial charge is 0.147 e. The zero-order valence-corrected chi connectivity index (χ0v) is 15.3. The van der Waals surface area contributed by atoms with Crippen molar-refractivity contribution in [3.05, 3.63) is 10.6 Å². The van der Waals surface area contributed by atoms with Crippen molar-refractivity contribution in [3.63, 3.8) is 0 Å². The molecule has 0 aromatic carbocycles. The van der Waals surface area contributed by atoms with Crippen LogP contribution in [0.5, 0.6) is 0 Å². The van der Waals surface area contributed by atoms with Crippen molar-refractivity contribution in [1.29, 1.82) is 0 Å². The second-order valence-electron chi connectivity index (χ2n) is 6.51. The Kier molecular flexibility index (Phi) is 6.74. The molecular formula is C14H27N3O2S2. The molecular weight excluding hydrogens is 306 g/mol. The highest BCUT2D eigenvalue weighted by Crippen LogP contribution is 2.32. The average Bonchev–Trinajstić information content (AvgIpc) is 2.80. The van der Waals surface area contributed by atoms with Gasteiger partial charge >= 0.3 is 0 Å². The summed E-state index contributed by atoms with van der Waals surface area (Å²) in [5.74, 6) is 0.231. The molecule has 1 N–H and O–H groups in total. The molecule has 0 saturated carbocycles. The van der Waals surface area contributed by atoms with Crippen LogP contribution < -0.4 is 5.32 Å². The van der Waals surface area contributed by atoms with E-state index in [9.17, 15) is 8.42 Å². The third-order valence-corrected chi connectivity index (χ3v) is 5.06. The van der Waals surface area contributed by atoms with E-state index < -0.39 is 9.84 Å². The van der Waals surface area contributed by atoms with E-state index >= 15 is 0 Å². The summed E-state index contributed by atoms with van der Waals surface area (Å²) in [5, 5.41) is 7.79. The molecule has 0 fully saturated rings. The summed E-state index contributed by atoms with van der Waals surface area (Å²) in [6.07, 6.45) is 3.78. The fourth-order valence-corrected chi connectivity index (χ4v) is 3.80. The first-order valence-corrected chi connectivity index (χ1v) is 10.2. The standard InChI is InChI=1S/C14H27N3O2S2/c1-6-9-15-11(8-7-10-21(5,18)19)12-13(14(2,3)4)16-17-20-12/h11,15H,6-10H2,1-5H3. The summed E-state index contributed by atoms with van der Waals surface area (Å²) in [5.41, 5.74) is 0.964. The Labute approximate surface area is 132 Å². The summed E-state index contributed by atoms with van der Waals surface area (Å²) < 4.78 is 26.7. The van der Waals surface area contributed by atoms with Crippen LogP contribution in [0.4, 0.5) is 0 Å². The van der Waals surface area contributed by atoms with E-state index in [0.29, 0.717) is 6.42 Å². The van der Waals surface area contributed by atoms with Crippen LogP contribution in [0.3, 0.4) is 0 Å². The van der Waals surface area contributed by atoms with Gasteiger partial charge in [0.2, 0.25) is 0 Å². The maximum absolute atomic E-state index is 11.3. The number of sulfone groups is 1. The van der Waals surface area contributed by atoms with Crippen LogP contribution in [0, 0.1) is 0 Å². The third kappa shape index (κ3) is 6.40. The molecule has 7 heteroatoms. The van der Waals surface area contributed by atoms with E-state index in [2.05, 4.69) is 42.6 Å². The number of hydrogen-bond acceptors (Lipinski definition) is 6. The number of rotatable bonds is 8. The van der Waals surface area contributed by atoms with Crippen LogP contribution in [-0.2, 0) is 15.3 Å². The van der Waals surface area contributed by atoms with Gasteiger partial charge in [0.1, 0.15) is 9.84 Å². The highest BCUT2D eigenvalue weighted by atomic mass is 32.2. The molecule has 0 radical (unpaired) electrons. The van der Waals surface area contributed by atoms with Crippen LogP contribution in [-0.4, -0.2) is 36.6 Å². The first kappa shape index (κ1) is 18.5. The van der Waals surface area contributed by atoms with E-state index in [1.54, 1.807) is 0 Å². The van der Waals surface area contributed by atoms with E-state index in [0.717, 1.165) is 30.0 Å². The lowest BCUT2D eigenvalue weighted by Gasteiger charge is -2.22. The number of nitrogens with zero attached hydrogens (tertiary/aromatic N) is 2. The predicted molar refractivity (Wildman–Crippen MR) is 88.6 cm³/mol. The van der Waals surface area contributed by atoms with Gasteiger partial charge in [-0.3, -0.25) is 0 Å². The van der Waals surface area contributed by atoms with E-state index in [-0.39, 0.29) is 17.2 Å². The fraction of sp³-hybridized carbons (Fsp3) is 0.857. The molecule has 0 aliphatic rings. The molecule has 21 heavy (non-hydrogen) atoms. The van der Waals surface area contributed by atoms with Gasteiger partial charge in [-0.25, -0.2) is 8.42 Å². The van der Waals surface area contributed by atoms with Crippen molar-refractivity contribution in [2.24, 2.45) is 0 Å². The minimum atomic E-state index is -2.90. The zero-order valence-electron chi connectivity index (χ0n) is 13.6. The Bertz CT molecular complexity index is 533. The molecule has 1 aromatic heterocycles. The Morgan fingerprint density at radius 2 is 2.00 bits per heavy atom. The van der Waals surface area contributed by atoms with Crippen molar-refractivity contribution in [3.8, 4) is 0 Å². The van der Waals surface area contributed by atoms with Crippen molar-refractivity contribution >= 4 is 21.4 Å². The molecule has 1 unspecified atom stereocenters. The zero-order chi connectivity index (χ0) is 16.1. The summed E-state index contributed by atoms with van der Waals surface area (Å²) in [6, 6.07) is 0.140. The topological polar surface area (TPSA) is 72.0 Å². The normalized spacial score (nSPS) is 14.3. The molecule has 1 atom stereocenters. The molecule has 1 aromatic rings. The Morgan fingerprint density at radius 3 is 2.52 bits per heavy atom. The van der Waals surface area contributed by atoms with Gasteiger partial charge in [-0.15, -0.1) is 5.10 Å². The second kappa shape index (κ2) is 7.65. The molecule has 0 aliphatic carbocycles. The van der Waals surface area contributed by atoms with Crippen molar-refractivity contribution < 1.29 is 8.42 Å². The lowest BCUT2D eigenvalue weighted by molar-refractivity contribution is 0.478. The first-order valence-electron chi connectivity index (χ1n) is 7.39. The SMILES string of the molecule is CCCNC(CCCS(C)(=O)=O)c1snnc1C(C)(C)C. The molecule has 0 aliphatic heterocycles. The van der Waals surface area contributed by atoms with E-state index in [1.807, 2.05) is 0 Å². The van der Waals surface area contributed by atoms with E-state index in [4.69, 9.17) is 0 Å². The molecule has 0 spiro atoms. The van der Waals surface area contributed by atoms with Crippen LogP contribution >= 0.6 is 11.5 Å². The van der Waals surface area contributed by atoms with Crippen LogP contribution in [0.1, 0.15) is 63.6 Å². The second-order valence-corrected chi connectivity index (χ2v) is 9.56. The number of aromatic nitrogens is 2. The molecule has 5 nitrogen and oxygen atoms in total. The summed E-state index contributed by atoms with van der Waals surface area (Å²) in [4.78, 5) is 1.14. The summed E-state index contributed by atoms with van der Waals surface area (Å²) >= 11 is 1.42. The van der Waals surface area contributed by atoms with Gasteiger partial charge in [-0.05, 0) is 37.3 Å². The van der Waals surface area contributed by atoms with Crippen molar-refractivity contribution in [1.82, 2.24) is 14.9 Å². The van der Waals surface area contributed by atoms with Gasteiger partial charge in [0, 0.05) is 23.5 Å². The highest BCUT2D eigenvalue weighted by molar-refractivity contribution is 7.90. The molecule has 122 valence electrons. The quantitative estimate of drug-likeness (QED) is 0.792. The molecule has 0 bridgehead atoms. The number of nitrogens with one attached hydrogen (secondary N) is 1. The van der Waals surface area contributed by atoms with E-state index in [1.165, 1.54) is 17.8 Å². The van der Waals surface area contributed by atoms with Crippen molar-refractivity contribution in [2.75, 3.05) is 18.6 Å². The lowest BCUT2D eigenvalue weighted by atomic mass is 9.89. The average molecular weight is 334 g/mol. The third-order valence-electron chi connectivity index (χ3n) is 3.19. The minimum Gasteiger partial charge on any atom is -0.309 e. The Balaban J connectivity index is 2.85. The van der Waals surface area contributed by atoms with Gasteiger partial charge in [-0.1, -0.05) is 32.2 Å². The van der Waals surface area contributed by atoms with Crippen LogP contribution in [0.15, 0.2) is 0 Å². The maximum Gasteiger partial charge on any atom is 0.147 e.